The topological polar surface area (TPSA) is 41.6 Å². The zero-order chi connectivity index (χ0) is 11.4. The smallest absolute Gasteiger partial charge is 0.0969 e. The van der Waals surface area contributed by atoms with Crippen LogP contribution >= 0.6 is 0 Å². The molecule has 3 heteroatoms. The van der Waals surface area contributed by atoms with Crippen LogP contribution in [0.1, 0.15) is 44.9 Å². The largest absolute Gasteiger partial charge is 0.387 e. The Hall–Kier alpha value is -0.570. The van der Waals surface area contributed by atoms with Crippen LogP contribution in [0, 0.1) is 5.92 Å². The normalized spacial score (nSPS) is 29.8. The Morgan fingerprint density at radius 2 is 1.88 bits per heavy atom. The quantitative estimate of drug-likeness (QED) is 0.587. The van der Waals surface area contributed by atoms with E-state index in [0.717, 1.165) is 12.4 Å². The van der Waals surface area contributed by atoms with Gasteiger partial charge in [0, 0.05) is 12.0 Å². The number of amidine groups is 1. The van der Waals surface area contributed by atoms with Gasteiger partial charge in [-0.05, 0) is 39.3 Å². The molecule has 92 valence electrons. The van der Waals surface area contributed by atoms with Crippen LogP contribution in [0.15, 0.2) is 4.99 Å². The van der Waals surface area contributed by atoms with E-state index in [1.54, 1.807) is 0 Å². The third-order valence-corrected chi connectivity index (χ3v) is 4.18. The Morgan fingerprint density at radius 1 is 1.19 bits per heavy atom. The standard InChI is InChI=1S/C13H25N3/c1-16-9-5-4-8-12(16)10-15-13(14)11-6-2-3-7-11/h11-12H,2-10H2,1H3,(H2,14,15). The fraction of sp³-hybridized carbons (Fsp3) is 0.923. The van der Waals surface area contributed by atoms with Crippen LogP contribution in [0.4, 0.5) is 0 Å². The molecule has 1 aliphatic heterocycles. The molecule has 2 N–H and O–H groups in total. The Balaban J connectivity index is 1.81. The molecule has 1 aliphatic carbocycles. The van der Waals surface area contributed by atoms with Gasteiger partial charge in [-0.25, -0.2) is 0 Å². The van der Waals surface area contributed by atoms with Gasteiger partial charge in [0.2, 0.25) is 0 Å². The van der Waals surface area contributed by atoms with Crippen LogP contribution in [0.3, 0.4) is 0 Å². The highest BCUT2D eigenvalue weighted by Gasteiger charge is 2.21. The third kappa shape index (κ3) is 2.97. The molecule has 0 amide bonds. The summed E-state index contributed by atoms with van der Waals surface area (Å²) < 4.78 is 0. The predicted octanol–water partition coefficient (Wildman–Crippen LogP) is 2.02. The first-order valence-electron chi connectivity index (χ1n) is 6.77. The van der Waals surface area contributed by atoms with Gasteiger partial charge in [0.05, 0.1) is 12.4 Å². The molecule has 0 spiro atoms. The second-order valence-corrected chi connectivity index (χ2v) is 5.38. The lowest BCUT2D eigenvalue weighted by Gasteiger charge is -2.31. The van der Waals surface area contributed by atoms with Gasteiger partial charge in [-0.15, -0.1) is 0 Å². The number of nitrogens with two attached hydrogens (primary N) is 1. The number of likely N-dealkylation sites (tertiary alicyclic amines) is 1. The Bertz CT molecular complexity index is 244. The maximum absolute atomic E-state index is 6.07. The van der Waals surface area contributed by atoms with Crippen LogP contribution in [-0.4, -0.2) is 36.9 Å². The van der Waals surface area contributed by atoms with Gasteiger partial charge < -0.3 is 10.6 Å². The lowest BCUT2D eigenvalue weighted by atomic mass is 10.0. The highest BCUT2D eigenvalue weighted by molar-refractivity contribution is 5.83. The summed E-state index contributed by atoms with van der Waals surface area (Å²) in [6, 6.07) is 0.633. The second kappa shape index (κ2) is 5.67. The van der Waals surface area contributed by atoms with Crippen molar-refractivity contribution in [2.24, 2.45) is 16.6 Å². The summed E-state index contributed by atoms with van der Waals surface area (Å²) >= 11 is 0. The van der Waals surface area contributed by atoms with E-state index < -0.39 is 0 Å². The van der Waals surface area contributed by atoms with Crippen molar-refractivity contribution in [1.82, 2.24) is 4.90 Å². The predicted molar refractivity (Wildman–Crippen MR) is 68.7 cm³/mol. The second-order valence-electron chi connectivity index (χ2n) is 5.38. The zero-order valence-corrected chi connectivity index (χ0v) is 10.5. The fourth-order valence-electron chi connectivity index (χ4n) is 2.94. The number of piperidine rings is 1. The minimum atomic E-state index is 0.592. The summed E-state index contributed by atoms with van der Waals surface area (Å²) in [5, 5.41) is 0. The number of hydrogen-bond donors (Lipinski definition) is 1. The van der Waals surface area contributed by atoms with Crippen molar-refractivity contribution < 1.29 is 0 Å². The molecule has 1 saturated carbocycles. The van der Waals surface area contributed by atoms with Crippen molar-refractivity contribution in [3.05, 3.63) is 0 Å². The van der Waals surface area contributed by atoms with Gasteiger partial charge in [-0.3, -0.25) is 4.99 Å². The number of hydrogen-bond acceptors (Lipinski definition) is 2. The molecule has 0 aromatic carbocycles. The Kier molecular flexibility index (Phi) is 4.22. The molecule has 3 nitrogen and oxygen atoms in total. The van der Waals surface area contributed by atoms with E-state index in [4.69, 9.17) is 5.73 Å². The van der Waals surface area contributed by atoms with Crippen molar-refractivity contribution >= 4 is 5.84 Å². The van der Waals surface area contributed by atoms with Gasteiger partial charge in [0.25, 0.3) is 0 Å². The van der Waals surface area contributed by atoms with Crippen LogP contribution in [0.2, 0.25) is 0 Å². The van der Waals surface area contributed by atoms with Crippen molar-refractivity contribution in [3.63, 3.8) is 0 Å². The molecular formula is C13H25N3. The van der Waals surface area contributed by atoms with E-state index in [2.05, 4.69) is 16.9 Å². The van der Waals surface area contributed by atoms with E-state index in [1.807, 2.05) is 0 Å². The van der Waals surface area contributed by atoms with E-state index in [9.17, 15) is 0 Å². The molecule has 0 bridgehead atoms. The van der Waals surface area contributed by atoms with Crippen molar-refractivity contribution in [2.75, 3.05) is 20.1 Å². The number of likely N-dealkylation sites (N-methyl/N-ethyl adjacent to an activating group) is 1. The van der Waals surface area contributed by atoms with Crippen LogP contribution in [0.5, 0.6) is 0 Å². The van der Waals surface area contributed by atoms with E-state index in [-0.39, 0.29) is 0 Å². The summed E-state index contributed by atoms with van der Waals surface area (Å²) in [4.78, 5) is 7.07. The molecule has 2 aliphatic rings. The Labute approximate surface area is 99.1 Å². The molecule has 0 radical (unpaired) electrons. The van der Waals surface area contributed by atoms with Crippen molar-refractivity contribution in [2.45, 2.75) is 51.0 Å². The van der Waals surface area contributed by atoms with Gasteiger partial charge in [-0.2, -0.15) is 0 Å². The zero-order valence-electron chi connectivity index (χ0n) is 10.5. The minimum absolute atomic E-state index is 0.592. The lowest BCUT2D eigenvalue weighted by molar-refractivity contribution is 0.191. The fourth-order valence-corrected chi connectivity index (χ4v) is 2.94. The average molecular weight is 223 g/mol. The molecule has 1 atom stereocenters. The van der Waals surface area contributed by atoms with Gasteiger partial charge >= 0.3 is 0 Å². The van der Waals surface area contributed by atoms with Crippen LogP contribution < -0.4 is 5.73 Å². The Morgan fingerprint density at radius 3 is 2.56 bits per heavy atom. The van der Waals surface area contributed by atoms with Crippen LogP contribution in [-0.2, 0) is 0 Å². The lowest BCUT2D eigenvalue weighted by Crippen LogP contribution is -2.39. The molecule has 0 aromatic rings. The van der Waals surface area contributed by atoms with Gasteiger partial charge in [0.1, 0.15) is 0 Å². The SMILES string of the molecule is CN1CCCCC1CN=C(N)C1CCCC1. The van der Waals surface area contributed by atoms with E-state index in [1.165, 1.54) is 51.5 Å². The number of rotatable bonds is 3. The van der Waals surface area contributed by atoms with E-state index in [0.29, 0.717) is 12.0 Å². The molecule has 0 aromatic heterocycles. The molecule has 1 saturated heterocycles. The minimum Gasteiger partial charge on any atom is -0.387 e. The summed E-state index contributed by atoms with van der Waals surface area (Å²) in [6.45, 7) is 2.14. The van der Waals surface area contributed by atoms with Crippen LogP contribution in [0.25, 0.3) is 0 Å². The third-order valence-electron chi connectivity index (χ3n) is 4.18. The maximum Gasteiger partial charge on any atom is 0.0969 e. The highest BCUT2D eigenvalue weighted by atomic mass is 15.1. The summed E-state index contributed by atoms with van der Waals surface area (Å²) in [7, 11) is 2.21. The molecular weight excluding hydrogens is 198 g/mol. The molecule has 16 heavy (non-hydrogen) atoms. The maximum atomic E-state index is 6.07. The monoisotopic (exact) mass is 223 g/mol. The summed E-state index contributed by atoms with van der Waals surface area (Å²) in [5.74, 6) is 1.52. The first-order valence-corrected chi connectivity index (χ1v) is 6.77. The summed E-state index contributed by atoms with van der Waals surface area (Å²) in [5.41, 5.74) is 6.07. The first-order chi connectivity index (χ1) is 7.77. The molecule has 1 heterocycles. The average Bonchev–Trinajstić information content (AvgIpc) is 2.81. The summed E-state index contributed by atoms with van der Waals surface area (Å²) in [6.07, 6.45) is 9.18. The van der Waals surface area contributed by atoms with Crippen molar-refractivity contribution in [1.29, 1.82) is 0 Å². The number of nitrogens with zero attached hydrogens (tertiary/aromatic N) is 2. The highest BCUT2D eigenvalue weighted by Crippen LogP contribution is 2.25. The van der Waals surface area contributed by atoms with E-state index >= 15 is 0 Å². The molecule has 2 rings (SSSR count). The number of aliphatic imine (C=N–C) groups is 1. The van der Waals surface area contributed by atoms with Crippen molar-refractivity contribution in [3.8, 4) is 0 Å². The van der Waals surface area contributed by atoms with Gasteiger partial charge in [-0.1, -0.05) is 19.3 Å². The van der Waals surface area contributed by atoms with Gasteiger partial charge in [0.15, 0.2) is 0 Å². The first kappa shape index (κ1) is 11.9. The molecule has 2 fully saturated rings. The molecule has 1 unspecified atom stereocenters.